The summed E-state index contributed by atoms with van der Waals surface area (Å²) in [5.41, 5.74) is -0.917. The van der Waals surface area contributed by atoms with Crippen molar-refractivity contribution in [1.82, 2.24) is 15.2 Å². The van der Waals surface area contributed by atoms with Crippen LogP contribution < -0.4 is 5.32 Å². The summed E-state index contributed by atoms with van der Waals surface area (Å²) in [4.78, 5) is 55.6. The van der Waals surface area contributed by atoms with E-state index in [1.54, 1.807) is 23.8 Å². The van der Waals surface area contributed by atoms with Crippen LogP contribution in [0.15, 0.2) is 21.4 Å². The number of nitrogens with zero attached hydrogens (tertiary/aromatic N) is 2. The predicted molar refractivity (Wildman–Crippen MR) is 151 cm³/mol. The average molecular weight is 610 g/mol. The minimum atomic E-state index is -1.28. The van der Waals surface area contributed by atoms with E-state index >= 15 is 0 Å². The van der Waals surface area contributed by atoms with Gasteiger partial charge < -0.3 is 35.0 Å². The number of aromatic nitrogens is 1. The maximum absolute atomic E-state index is 12.9. The third-order valence-corrected chi connectivity index (χ3v) is 9.67. The van der Waals surface area contributed by atoms with Gasteiger partial charge in [-0.15, -0.1) is 11.3 Å². The van der Waals surface area contributed by atoms with E-state index in [1.807, 2.05) is 0 Å². The molecule has 4 atom stereocenters. The normalized spacial score (nSPS) is 25.2. The van der Waals surface area contributed by atoms with E-state index in [0.717, 1.165) is 43.9 Å². The number of thiazole rings is 1. The topological polar surface area (TPSA) is 176 Å². The summed E-state index contributed by atoms with van der Waals surface area (Å²) in [5.74, 6) is -2.97. The van der Waals surface area contributed by atoms with Gasteiger partial charge in [-0.2, -0.15) is 0 Å². The van der Waals surface area contributed by atoms with Crippen molar-refractivity contribution in [2.24, 2.45) is 11.3 Å². The molecule has 2 amide bonds. The number of carbonyl (C=O) groups is 4. The Morgan fingerprint density at radius 1 is 1.32 bits per heavy atom. The lowest BCUT2D eigenvalue weighted by molar-refractivity contribution is -0.167. The number of β-lactam (4-membered cyclic amide) rings is 1. The highest BCUT2D eigenvalue weighted by atomic mass is 32.2. The first-order valence-corrected chi connectivity index (χ1v) is 15.3. The van der Waals surface area contributed by atoms with Gasteiger partial charge >= 0.3 is 12.1 Å². The van der Waals surface area contributed by atoms with E-state index in [1.165, 1.54) is 23.2 Å². The first kappa shape index (κ1) is 31.0. The summed E-state index contributed by atoms with van der Waals surface area (Å²) >= 11 is 2.32. The lowest BCUT2D eigenvalue weighted by Crippen LogP contribution is -2.66. The van der Waals surface area contributed by atoms with E-state index in [9.17, 15) is 29.4 Å². The standard InChI is InChI=1S/C27H35N3O9S2/c1-15(32)19-21-27(2,9-12-38-26(37)39-16-6-4-3-5-7-16)22(20(25(35)36)30(21)24(19)34)40-13-8-18-29-17(14-41-18)23(33)28-10-11-31/h8,13-16,19,21,31-32H,3-7,9-12H2,1-2H3,(H,28,33)(H,35,36)/b13-8-/t15-,19-,21+,27?/m1/s1. The number of carboxylic acids is 1. The Bertz CT molecular complexity index is 1220. The monoisotopic (exact) mass is 609 g/mol. The van der Waals surface area contributed by atoms with Crippen molar-refractivity contribution in [1.29, 1.82) is 0 Å². The smallest absolute Gasteiger partial charge is 0.477 e. The molecule has 3 aliphatic rings. The SMILES string of the molecule is C[C@@H](O)[C@H]1C(=O)N2C(C(=O)O)=C(S/C=C\c3nc(C(=O)NCCO)cs3)C(C)(CCOC(=O)OC3CCCCC3)[C@H]12. The molecule has 0 bridgehead atoms. The second-order valence-corrected chi connectivity index (χ2v) is 12.3. The predicted octanol–water partition coefficient (Wildman–Crippen LogP) is 2.97. The number of hydrogen-bond donors (Lipinski definition) is 4. The number of thioether (sulfide) groups is 1. The van der Waals surface area contributed by atoms with Gasteiger partial charge in [0.15, 0.2) is 0 Å². The zero-order valence-electron chi connectivity index (χ0n) is 22.9. The molecule has 0 radical (unpaired) electrons. The molecule has 1 saturated carbocycles. The largest absolute Gasteiger partial charge is 0.508 e. The third kappa shape index (κ3) is 6.60. The number of amides is 2. The summed E-state index contributed by atoms with van der Waals surface area (Å²) in [6.45, 7) is 3.16. The van der Waals surface area contributed by atoms with Crippen molar-refractivity contribution < 1.29 is 44.0 Å². The molecule has 1 unspecified atom stereocenters. The second-order valence-electron chi connectivity index (χ2n) is 10.5. The summed E-state index contributed by atoms with van der Waals surface area (Å²) in [7, 11) is 0. The Morgan fingerprint density at radius 3 is 2.71 bits per heavy atom. The quantitative estimate of drug-likeness (QED) is 0.202. The number of carboxylic acid groups (broad SMARTS) is 1. The molecule has 14 heteroatoms. The molecule has 224 valence electrons. The van der Waals surface area contributed by atoms with Crippen molar-refractivity contribution >= 4 is 53.1 Å². The van der Waals surface area contributed by atoms with Gasteiger partial charge in [-0.1, -0.05) is 25.1 Å². The molecule has 3 heterocycles. The van der Waals surface area contributed by atoms with E-state index in [4.69, 9.17) is 14.6 Å². The molecule has 0 spiro atoms. The fourth-order valence-corrected chi connectivity index (χ4v) is 7.56. The summed E-state index contributed by atoms with van der Waals surface area (Å²) in [5, 5.41) is 35.6. The van der Waals surface area contributed by atoms with Gasteiger partial charge in [-0.3, -0.25) is 9.59 Å². The van der Waals surface area contributed by atoms with Crippen molar-refractivity contribution in [2.45, 2.75) is 70.6 Å². The highest BCUT2D eigenvalue weighted by Gasteiger charge is 2.66. The first-order chi connectivity index (χ1) is 19.6. The molecular formula is C27H35N3O9S2. The van der Waals surface area contributed by atoms with Gasteiger partial charge in [-0.25, -0.2) is 14.6 Å². The maximum atomic E-state index is 12.9. The van der Waals surface area contributed by atoms with Crippen LogP contribution in [0.25, 0.3) is 6.08 Å². The number of fused-ring (bicyclic) bond motifs is 1. The van der Waals surface area contributed by atoms with Crippen molar-refractivity contribution in [3.05, 3.63) is 32.1 Å². The van der Waals surface area contributed by atoms with E-state index in [-0.39, 0.29) is 43.7 Å². The van der Waals surface area contributed by atoms with Crippen LogP contribution in [0.2, 0.25) is 0 Å². The number of aliphatic hydroxyl groups is 2. The van der Waals surface area contributed by atoms with Crippen molar-refractivity contribution in [3.63, 3.8) is 0 Å². The van der Waals surface area contributed by atoms with Crippen LogP contribution in [0, 0.1) is 11.3 Å². The highest BCUT2D eigenvalue weighted by Crippen LogP contribution is 2.59. The first-order valence-electron chi connectivity index (χ1n) is 13.6. The lowest BCUT2D eigenvalue weighted by Gasteiger charge is -2.50. The van der Waals surface area contributed by atoms with Crippen LogP contribution in [-0.2, 0) is 19.1 Å². The van der Waals surface area contributed by atoms with Gasteiger partial charge in [0.05, 0.1) is 31.3 Å². The number of aliphatic carboxylic acids is 1. The Balaban J connectivity index is 1.51. The Morgan fingerprint density at radius 2 is 2.05 bits per heavy atom. The van der Waals surface area contributed by atoms with Crippen LogP contribution in [-0.4, -0.2) is 87.2 Å². The maximum Gasteiger partial charge on any atom is 0.508 e. The molecule has 41 heavy (non-hydrogen) atoms. The number of ether oxygens (including phenoxy) is 2. The molecule has 1 aromatic rings. The van der Waals surface area contributed by atoms with Crippen LogP contribution >= 0.6 is 23.1 Å². The summed E-state index contributed by atoms with van der Waals surface area (Å²) in [6, 6.07) is -0.628. The Kier molecular flexibility index (Phi) is 10.1. The lowest BCUT2D eigenvalue weighted by atomic mass is 9.68. The molecule has 1 aliphatic carbocycles. The van der Waals surface area contributed by atoms with E-state index in [0.29, 0.717) is 9.91 Å². The molecule has 4 N–H and O–H groups in total. The fourth-order valence-electron chi connectivity index (χ4n) is 5.67. The number of hydrogen-bond acceptors (Lipinski definition) is 11. The molecule has 2 aliphatic heterocycles. The zero-order valence-corrected chi connectivity index (χ0v) is 24.5. The van der Waals surface area contributed by atoms with Crippen molar-refractivity contribution in [2.75, 3.05) is 19.8 Å². The second kappa shape index (κ2) is 13.4. The average Bonchev–Trinajstić information content (AvgIpc) is 3.48. The zero-order chi connectivity index (χ0) is 29.7. The molecule has 1 saturated heterocycles. The number of carbonyl (C=O) groups excluding carboxylic acids is 3. The van der Waals surface area contributed by atoms with Crippen molar-refractivity contribution in [3.8, 4) is 0 Å². The van der Waals surface area contributed by atoms with Gasteiger partial charge in [0.1, 0.15) is 22.5 Å². The van der Waals surface area contributed by atoms with Gasteiger partial charge in [-0.05, 0) is 50.5 Å². The Labute approximate surface area is 245 Å². The Hall–Kier alpha value is -2.94. The van der Waals surface area contributed by atoms with E-state index in [2.05, 4.69) is 10.3 Å². The minimum Gasteiger partial charge on any atom is -0.477 e. The number of aliphatic hydroxyl groups excluding tert-OH is 2. The molecule has 2 fully saturated rings. The molecule has 12 nitrogen and oxygen atoms in total. The highest BCUT2D eigenvalue weighted by molar-refractivity contribution is 8.06. The van der Waals surface area contributed by atoms with Crippen LogP contribution in [0.1, 0.15) is 67.9 Å². The van der Waals surface area contributed by atoms with Crippen LogP contribution in [0.4, 0.5) is 4.79 Å². The van der Waals surface area contributed by atoms with Crippen LogP contribution in [0.3, 0.4) is 0 Å². The number of nitrogens with one attached hydrogen (secondary N) is 1. The van der Waals surface area contributed by atoms with Gasteiger partial charge in [0, 0.05) is 22.2 Å². The summed E-state index contributed by atoms with van der Waals surface area (Å²) < 4.78 is 10.8. The number of rotatable bonds is 12. The molecular weight excluding hydrogens is 574 g/mol. The van der Waals surface area contributed by atoms with Crippen LogP contribution in [0.5, 0.6) is 0 Å². The fraction of sp³-hybridized carbons (Fsp3) is 0.593. The van der Waals surface area contributed by atoms with Gasteiger partial charge in [0.2, 0.25) is 5.91 Å². The minimum absolute atomic E-state index is 0.0629. The molecule has 0 aromatic carbocycles. The molecule has 1 aromatic heterocycles. The molecule has 4 rings (SSSR count). The van der Waals surface area contributed by atoms with E-state index < -0.39 is 47.4 Å². The summed E-state index contributed by atoms with van der Waals surface area (Å²) in [6.07, 6.45) is 4.60. The van der Waals surface area contributed by atoms with Gasteiger partial charge in [0.25, 0.3) is 5.91 Å². The third-order valence-electron chi connectivity index (χ3n) is 7.70.